The number of rotatable bonds is 4. The molecule has 1 N–H and O–H groups in total. The van der Waals surface area contributed by atoms with E-state index in [0.29, 0.717) is 21.7 Å². The van der Waals surface area contributed by atoms with Crippen LogP contribution in [-0.4, -0.2) is 38.6 Å². The Morgan fingerprint density at radius 2 is 2.12 bits per heavy atom. The van der Waals surface area contributed by atoms with E-state index in [9.17, 15) is 9.59 Å². The summed E-state index contributed by atoms with van der Waals surface area (Å²) in [6, 6.07) is 6.38. The number of amides is 1. The summed E-state index contributed by atoms with van der Waals surface area (Å²) in [5.41, 5.74) is 0.978. The summed E-state index contributed by atoms with van der Waals surface area (Å²) in [5, 5.41) is 12.0. The van der Waals surface area contributed by atoms with Crippen molar-refractivity contribution in [3.63, 3.8) is 0 Å². The van der Waals surface area contributed by atoms with Crippen LogP contribution in [0.4, 0.5) is 5.13 Å². The second kappa shape index (κ2) is 6.98. The van der Waals surface area contributed by atoms with Gasteiger partial charge in [0.1, 0.15) is 0 Å². The number of aliphatic imine (C=N–C) groups is 1. The molecule has 2 aromatic rings. The fraction of sp³-hybridized carbons (Fsp3) is 0.125. The molecule has 8 heteroatoms. The predicted molar refractivity (Wildman–Crippen MR) is 95.6 cm³/mol. The largest absolute Gasteiger partial charge is 0.478 e. The zero-order valence-corrected chi connectivity index (χ0v) is 14.3. The minimum absolute atomic E-state index is 0.111. The number of hydrogen-bond donors (Lipinski definition) is 1. The van der Waals surface area contributed by atoms with Gasteiger partial charge in [0.15, 0.2) is 5.17 Å². The third-order valence-corrected chi connectivity index (χ3v) is 4.94. The summed E-state index contributed by atoms with van der Waals surface area (Å²) in [6.45, 7) is 2.41. The molecule has 0 radical (unpaired) electrons. The standard InChI is InChI=1S/C16H13N3O3S2/c1-2-19-13(20)12(24-16(19)18-15-17-7-8-23-15)9-10-3-5-11(6-4-10)14(21)22/h3-9H,2H2,1H3,(H,21,22)/b12-9-,18-16?. The number of thiazole rings is 1. The highest BCUT2D eigenvalue weighted by atomic mass is 32.2. The SMILES string of the molecule is CCN1C(=O)/C(=C/c2ccc(C(=O)O)cc2)SC1=Nc1nccs1. The second-order valence-electron chi connectivity index (χ2n) is 4.80. The summed E-state index contributed by atoms with van der Waals surface area (Å²) in [4.78, 5) is 34.1. The molecule has 0 atom stereocenters. The molecule has 0 aliphatic carbocycles. The molecular weight excluding hydrogens is 346 g/mol. The Balaban J connectivity index is 1.88. The highest BCUT2D eigenvalue weighted by molar-refractivity contribution is 8.18. The summed E-state index contributed by atoms with van der Waals surface area (Å²) >= 11 is 2.70. The molecule has 1 saturated heterocycles. The molecule has 1 amide bonds. The summed E-state index contributed by atoms with van der Waals surface area (Å²) < 4.78 is 0. The summed E-state index contributed by atoms with van der Waals surface area (Å²) in [5.74, 6) is -1.09. The van der Waals surface area contributed by atoms with E-state index in [2.05, 4.69) is 9.98 Å². The van der Waals surface area contributed by atoms with Crippen LogP contribution in [0.5, 0.6) is 0 Å². The maximum Gasteiger partial charge on any atom is 0.335 e. The first-order valence-corrected chi connectivity index (χ1v) is 8.81. The number of benzene rings is 1. The van der Waals surface area contributed by atoms with Crippen LogP contribution < -0.4 is 0 Å². The van der Waals surface area contributed by atoms with Gasteiger partial charge in [0.25, 0.3) is 5.91 Å². The maximum atomic E-state index is 12.5. The molecule has 3 rings (SSSR count). The first kappa shape index (κ1) is 16.4. The van der Waals surface area contributed by atoms with Gasteiger partial charge in [-0.3, -0.25) is 9.69 Å². The third kappa shape index (κ3) is 3.39. The minimum Gasteiger partial charge on any atom is -0.478 e. The molecule has 6 nitrogen and oxygen atoms in total. The molecule has 1 aliphatic heterocycles. The van der Waals surface area contributed by atoms with Crippen LogP contribution in [0.1, 0.15) is 22.8 Å². The number of nitrogens with zero attached hydrogens (tertiary/aromatic N) is 3. The van der Waals surface area contributed by atoms with Crippen molar-refractivity contribution >= 4 is 51.4 Å². The number of amidine groups is 1. The van der Waals surface area contributed by atoms with Crippen LogP contribution >= 0.6 is 23.1 Å². The molecule has 0 saturated carbocycles. The van der Waals surface area contributed by atoms with Crippen LogP contribution in [0.25, 0.3) is 6.08 Å². The lowest BCUT2D eigenvalue weighted by atomic mass is 10.1. The lowest BCUT2D eigenvalue weighted by molar-refractivity contribution is -0.122. The van der Waals surface area contributed by atoms with Crippen molar-refractivity contribution in [2.24, 2.45) is 4.99 Å². The predicted octanol–water partition coefficient (Wildman–Crippen LogP) is 3.47. The van der Waals surface area contributed by atoms with Gasteiger partial charge in [0.2, 0.25) is 5.13 Å². The van der Waals surface area contributed by atoms with Crippen molar-refractivity contribution < 1.29 is 14.7 Å². The van der Waals surface area contributed by atoms with Gasteiger partial charge in [0, 0.05) is 18.1 Å². The zero-order valence-electron chi connectivity index (χ0n) is 12.7. The van der Waals surface area contributed by atoms with Gasteiger partial charge in [-0.05, 0) is 42.5 Å². The zero-order chi connectivity index (χ0) is 17.1. The third-order valence-electron chi connectivity index (χ3n) is 3.27. The number of likely N-dealkylation sites (N-methyl/N-ethyl adjacent to an activating group) is 1. The van der Waals surface area contributed by atoms with Gasteiger partial charge >= 0.3 is 5.97 Å². The summed E-state index contributed by atoms with van der Waals surface area (Å²) in [6.07, 6.45) is 3.41. The minimum atomic E-state index is -0.976. The van der Waals surface area contributed by atoms with Gasteiger partial charge < -0.3 is 5.11 Å². The molecule has 0 bridgehead atoms. The van der Waals surface area contributed by atoms with Crippen molar-refractivity contribution in [2.45, 2.75) is 6.92 Å². The number of carboxylic acid groups (broad SMARTS) is 1. The van der Waals surface area contributed by atoms with Crippen LogP contribution in [0.2, 0.25) is 0 Å². The van der Waals surface area contributed by atoms with Crippen molar-refractivity contribution in [3.8, 4) is 0 Å². The van der Waals surface area contributed by atoms with E-state index in [0.717, 1.165) is 5.56 Å². The molecule has 1 fully saturated rings. The number of aromatic nitrogens is 1. The highest BCUT2D eigenvalue weighted by Crippen LogP contribution is 2.34. The summed E-state index contributed by atoms with van der Waals surface area (Å²) in [7, 11) is 0. The molecule has 122 valence electrons. The van der Waals surface area contributed by atoms with E-state index in [-0.39, 0.29) is 11.5 Å². The van der Waals surface area contributed by atoms with Crippen LogP contribution in [-0.2, 0) is 4.79 Å². The molecule has 0 spiro atoms. The lowest BCUT2D eigenvalue weighted by Crippen LogP contribution is -2.28. The van der Waals surface area contributed by atoms with Crippen LogP contribution in [0.3, 0.4) is 0 Å². The number of hydrogen-bond acceptors (Lipinski definition) is 6. The average molecular weight is 359 g/mol. The average Bonchev–Trinajstić information content (AvgIpc) is 3.17. The van der Waals surface area contributed by atoms with E-state index in [1.54, 1.807) is 29.3 Å². The van der Waals surface area contributed by atoms with Crippen molar-refractivity contribution in [1.29, 1.82) is 0 Å². The van der Waals surface area contributed by atoms with E-state index in [1.165, 1.54) is 35.2 Å². The normalized spacial score (nSPS) is 17.9. The smallest absolute Gasteiger partial charge is 0.335 e. The Bertz CT molecular complexity index is 827. The van der Waals surface area contributed by atoms with Gasteiger partial charge in [-0.25, -0.2) is 9.78 Å². The first-order chi connectivity index (χ1) is 11.6. The topological polar surface area (TPSA) is 82.9 Å². The quantitative estimate of drug-likeness (QED) is 0.845. The van der Waals surface area contributed by atoms with Crippen LogP contribution in [0, 0.1) is 0 Å². The van der Waals surface area contributed by atoms with Crippen molar-refractivity contribution in [1.82, 2.24) is 9.88 Å². The molecule has 1 aromatic carbocycles. The molecule has 2 heterocycles. The van der Waals surface area contributed by atoms with Gasteiger partial charge in [-0.2, -0.15) is 4.99 Å². The maximum absolute atomic E-state index is 12.5. The number of thioether (sulfide) groups is 1. The van der Waals surface area contributed by atoms with E-state index < -0.39 is 5.97 Å². The number of aromatic carboxylic acids is 1. The number of carboxylic acids is 1. The second-order valence-corrected chi connectivity index (χ2v) is 6.68. The Hall–Kier alpha value is -2.45. The lowest BCUT2D eigenvalue weighted by Gasteiger charge is -2.11. The van der Waals surface area contributed by atoms with Gasteiger partial charge in [-0.1, -0.05) is 12.1 Å². The highest BCUT2D eigenvalue weighted by Gasteiger charge is 2.32. The first-order valence-electron chi connectivity index (χ1n) is 7.11. The Morgan fingerprint density at radius 3 is 2.71 bits per heavy atom. The fourth-order valence-corrected chi connectivity index (χ4v) is 3.70. The Labute approximate surface area is 146 Å². The van der Waals surface area contributed by atoms with Gasteiger partial charge in [0.05, 0.1) is 10.5 Å². The van der Waals surface area contributed by atoms with Crippen LogP contribution in [0.15, 0.2) is 45.7 Å². The number of carbonyl (C=O) groups excluding carboxylic acids is 1. The number of carbonyl (C=O) groups is 2. The van der Waals surface area contributed by atoms with Crippen molar-refractivity contribution in [2.75, 3.05) is 6.54 Å². The molecule has 24 heavy (non-hydrogen) atoms. The molecule has 1 aliphatic rings. The Morgan fingerprint density at radius 1 is 1.38 bits per heavy atom. The van der Waals surface area contributed by atoms with E-state index in [4.69, 9.17) is 5.11 Å². The molecule has 1 aromatic heterocycles. The Kier molecular flexibility index (Phi) is 4.77. The fourth-order valence-electron chi connectivity index (χ4n) is 2.10. The van der Waals surface area contributed by atoms with Crippen molar-refractivity contribution in [3.05, 3.63) is 51.9 Å². The van der Waals surface area contributed by atoms with E-state index in [1.807, 2.05) is 12.3 Å². The van der Waals surface area contributed by atoms with E-state index >= 15 is 0 Å². The molecule has 0 unspecified atom stereocenters. The monoisotopic (exact) mass is 359 g/mol. The van der Waals surface area contributed by atoms with Gasteiger partial charge in [-0.15, -0.1) is 11.3 Å². The molecular formula is C16H13N3O3S2.